The summed E-state index contributed by atoms with van der Waals surface area (Å²) >= 11 is 0. The van der Waals surface area contributed by atoms with Gasteiger partial charge in [-0.25, -0.2) is 13.6 Å². The number of benzene rings is 1. The second kappa shape index (κ2) is 6.66. The molecule has 0 fully saturated rings. The van der Waals surface area contributed by atoms with E-state index in [1.165, 1.54) is 13.0 Å². The second-order valence-electron chi connectivity index (χ2n) is 5.26. The van der Waals surface area contributed by atoms with Gasteiger partial charge in [-0.3, -0.25) is 4.79 Å². The molecule has 9 heteroatoms. The van der Waals surface area contributed by atoms with Gasteiger partial charge in [-0.2, -0.15) is 13.2 Å². The molecule has 134 valence electrons. The van der Waals surface area contributed by atoms with Gasteiger partial charge in [-0.05, 0) is 24.6 Å². The van der Waals surface area contributed by atoms with Crippen molar-refractivity contribution in [3.05, 3.63) is 57.5 Å². The smallest absolute Gasteiger partial charge is 0.416 e. The molecule has 2 rings (SSSR count). The molecule has 0 atom stereocenters. The summed E-state index contributed by atoms with van der Waals surface area (Å²) in [6, 6.07) is 3.72. The third-order valence-electron chi connectivity index (χ3n) is 3.59. The Kier molecular flexibility index (Phi) is 4.96. The van der Waals surface area contributed by atoms with Gasteiger partial charge in [0.25, 0.3) is 6.43 Å². The topological polar surface area (TPSA) is 59.3 Å². The van der Waals surface area contributed by atoms with E-state index in [-0.39, 0.29) is 16.8 Å². The Labute approximate surface area is 138 Å². The van der Waals surface area contributed by atoms with Crippen molar-refractivity contribution in [2.45, 2.75) is 26.1 Å². The molecule has 0 bridgehead atoms. The lowest BCUT2D eigenvalue weighted by Crippen LogP contribution is -2.24. The molecule has 1 aromatic heterocycles. The molecule has 0 unspecified atom stereocenters. The summed E-state index contributed by atoms with van der Waals surface area (Å²) in [6.45, 7) is 0.378. The third kappa shape index (κ3) is 3.86. The van der Waals surface area contributed by atoms with Crippen LogP contribution >= 0.6 is 0 Å². The highest BCUT2D eigenvalue weighted by Gasteiger charge is 2.31. The lowest BCUT2D eigenvalue weighted by atomic mass is 9.99. The van der Waals surface area contributed by atoms with E-state index in [1.807, 2.05) is 0 Å². The highest BCUT2D eigenvalue weighted by atomic mass is 19.4. The van der Waals surface area contributed by atoms with Crippen molar-refractivity contribution < 1.29 is 31.9 Å². The Morgan fingerprint density at radius 1 is 1.28 bits per heavy atom. The molecule has 4 nitrogen and oxygen atoms in total. The zero-order valence-corrected chi connectivity index (χ0v) is 12.8. The third-order valence-corrected chi connectivity index (χ3v) is 3.59. The van der Waals surface area contributed by atoms with Gasteiger partial charge in [0.05, 0.1) is 12.1 Å². The predicted octanol–water partition coefficient (Wildman–Crippen LogP) is 3.81. The quantitative estimate of drug-likeness (QED) is 0.843. The number of aromatic carboxylic acids is 1. The molecular weight excluding hydrogens is 349 g/mol. The number of hydrogen-bond acceptors (Lipinski definition) is 2. The molecule has 0 radical (unpaired) electrons. The number of pyridine rings is 1. The molecule has 0 saturated carbocycles. The molecular formula is C16H12F5NO3. The average Bonchev–Trinajstić information content (AvgIpc) is 2.49. The SMILES string of the molecule is Cc1c(-c2cccc(C(F)(F)F)c2)c(=O)c(C(=O)O)cn1CC(F)F. The summed E-state index contributed by atoms with van der Waals surface area (Å²) in [5, 5.41) is 9.09. The predicted molar refractivity (Wildman–Crippen MR) is 78.8 cm³/mol. The largest absolute Gasteiger partial charge is 0.477 e. The van der Waals surface area contributed by atoms with Crippen LogP contribution in [0.3, 0.4) is 0 Å². The Balaban J connectivity index is 2.78. The maximum absolute atomic E-state index is 12.9. The number of halogens is 5. The first kappa shape index (κ1) is 18.6. The van der Waals surface area contributed by atoms with Crippen LogP contribution < -0.4 is 5.43 Å². The molecule has 1 N–H and O–H groups in total. The number of carboxylic acid groups (broad SMARTS) is 1. The summed E-state index contributed by atoms with van der Waals surface area (Å²) in [7, 11) is 0. The Morgan fingerprint density at radius 2 is 1.92 bits per heavy atom. The van der Waals surface area contributed by atoms with Crippen molar-refractivity contribution in [3.8, 4) is 11.1 Å². The molecule has 0 aliphatic rings. The number of carbonyl (C=O) groups is 1. The standard InChI is InChI=1S/C16H12F5NO3/c1-8-13(9-3-2-4-10(5-9)16(19,20)21)14(23)11(15(24)25)6-22(8)7-12(17)18/h2-6,12H,7H2,1H3,(H,24,25). The maximum atomic E-state index is 12.9. The zero-order valence-electron chi connectivity index (χ0n) is 12.8. The van der Waals surface area contributed by atoms with Crippen LogP contribution in [0.4, 0.5) is 22.0 Å². The van der Waals surface area contributed by atoms with Crippen molar-refractivity contribution in [2.75, 3.05) is 0 Å². The molecule has 2 aromatic rings. The Bertz CT molecular complexity index is 871. The minimum atomic E-state index is -4.67. The van der Waals surface area contributed by atoms with E-state index in [1.54, 1.807) is 0 Å². The Morgan fingerprint density at radius 3 is 2.44 bits per heavy atom. The summed E-state index contributed by atoms with van der Waals surface area (Å²) in [5.41, 5.74) is -3.46. The number of rotatable bonds is 4. The number of nitrogens with zero attached hydrogens (tertiary/aromatic N) is 1. The minimum absolute atomic E-state index is 0.0466. The number of alkyl halides is 5. The molecule has 25 heavy (non-hydrogen) atoms. The van der Waals surface area contributed by atoms with E-state index >= 15 is 0 Å². The second-order valence-corrected chi connectivity index (χ2v) is 5.26. The van der Waals surface area contributed by atoms with E-state index < -0.39 is 41.7 Å². The van der Waals surface area contributed by atoms with Gasteiger partial charge in [0.1, 0.15) is 5.56 Å². The van der Waals surface area contributed by atoms with Crippen LogP contribution in [-0.4, -0.2) is 22.1 Å². The summed E-state index contributed by atoms with van der Waals surface area (Å²) in [4.78, 5) is 23.6. The van der Waals surface area contributed by atoms with Crippen LogP contribution in [0.2, 0.25) is 0 Å². The van der Waals surface area contributed by atoms with Gasteiger partial charge in [0.15, 0.2) is 0 Å². The van der Waals surface area contributed by atoms with Gasteiger partial charge in [0.2, 0.25) is 5.43 Å². The summed E-state index contributed by atoms with van der Waals surface area (Å²) in [6.07, 6.45) is -6.74. The van der Waals surface area contributed by atoms with Gasteiger partial charge >= 0.3 is 12.1 Å². The summed E-state index contributed by atoms with van der Waals surface area (Å²) in [5.74, 6) is -1.65. The van der Waals surface area contributed by atoms with Crippen LogP contribution in [0.5, 0.6) is 0 Å². The van der Waals surface area contributed by atoms with Crippen molar-refractivity contribution >= 4 is 5.97 Å². The first-order valence-electron chi connectivity index (χ1n) is 6.95. The van der Waals surface area contributed by atoms with Crippen LogP contribution in [0.15, 0.2) is 35.3 Å². The van der Waals surface area contributed by atoms with E-state index in [0.717, 1.165) is 22.9 Å². The molecule has 0 aliphatic heterocycles. The highest BCUT2D eigenvalue weighted by Crippen LogP contribution is 2.32. The van der Waals surface area contributed by atoms with Crippen LogP contribution in [0.25, 0.3) is 11.1 Å². The van der Waals surface area contributed by atoms with E-state index in [0.29, 0.717) is 6.07 Å². The maximum Gasteiger partial charge on any atom is 0.416 e. The fourth-order valence-electron chi connectivity index (χ4n) is 2.44. The number of aromatic nitrogens is 1. The molecule has 0 amide bonds. The van der Waals surface area contributed by atoms with E-state index in [2.05, 4.69) is 0 Å². The van der Waals surface area contributed by atoms with Crippen LogP contribution in [-0.2, 0) is 12.7 Å². The minimum Gasteiger partial charge on any atom is -0.477 e. The fraction of sp³-hybridized carbons (Fsp3) is 0.250. The van der Waals surface area contributed by atoms with Crippen LogP contribution in [0, 0.1) is 6.92 Å². The lowest BCUT2D eigenvalue weighted by molar-refractivity contribution is -0.137. The summed E-state index contributed by atoms with van der Waals surface area (Å²) < 4.78 is 64.8. The average molecular weight is 361 g/mol. The van der Waals surface area contributed by atoms with Crippen molar-refractivity contribution in [1.29, 1.82) is 0 Å². The molecule has 1 aromatic carbocycles. The number of carboxylic acids is 1. The molecule has 0 saturated heterocycles. The van der Waals surface area contributed by atoms with Gasteiger partial charge in [-0.15, -0.1) is 0 Å². The van der Waals surface area contributed by atoms with Crippen molar-refractivity contribution in [2.24, 2.45) is 0 Å². The lowest BCUT2D eigenvalue weighted by Gasteiger charge is -2.16. The molecule has 0 spiro atoms. The first-order chi connectivity index (χ1) is 11.5. The van der Waals surface area contributed by atoms with Gasteiger partial charge in [-0.1, -0.05) is 12.1 Å². The monoisotopic (exact) mass is 361 g/mol. The van der Waals surface area contributed by atoms with Crippen molar-refractivity contribution in [1.82, 2.24) is 4.57 Å². The van der Waals surface area contributed by atoms with Gasteiger partial charge < -0.3 is 9.67 Å². The highest BCUT2D eigenvalue weighted by molar-refractivity contribution is 5.89. The fourth-order valence-corrected chi connectivity index (χ4v) is 2.44. The Hall–Kier alpha value is -2.71. The van der Waals surface area contributed by atoms with E-state index in [9.17, 15) is 31.5 Å². The zero-order chi connectivity index (χ0) is 18.9. The van der Waals surface area contributed by atoms with E-state index in [4.69, 9.17) is 5.11 Å². The molecule has 0 aliphatic carbocycles. The first-order valence-corrected chi connectivity index (χ1v) is 6.95. The van der Waals surface area contributed by atoms with Crippen LogP contribution in [0.1, 0.15) is 21.6 Å². The molecule has 1 heterocycles. The van der Waals surface area contributed by atoms with Crippen molar-refractivity contribution in [3.63, 3.8) is 0 Å². The number of hydrogen-bond donors (Lipinski definition) is 1. The normalized spacial score (nSPS) is 11.8. The van der Waals surface area contributed by atoms with Gasteiger partial charge in [0, 0.05) is 17.5 Å².